The molecular weight excluding hydrogens is 423 g/mol. The molecule has 0 spiro atoms. The van der Waals surface area contributed by atoms with Gasteiger partial charge >= 0.3 is 12.2 Å². The molecule has 2 heterocycles. The molecule has 3 aromatic rings. The Bertz CT molecular complexity index is 1090. The highest BCUT2D eigenvalue weighted by molar-refractivity contribution is 7.98. The van der Waals surface area contributed by atoms with Crippen molar-refractivity contribution in [1.29, 1.82) is 0 Å². The minimum absolute atomic E-state index is 0.0470. The minimum Gasteiger partial charge on any atom is -0.417 e. The SMILES string of the molecule is CNSNc1cccc(CN2C(=O)Oc3cc(Oc4ncco4)ccc3C2(C)C)c1F. The average molecular weight is 444 g/mol. The van der Waals surface area contributed by atoms with E-state index in [1.165, 1.54) is 17.4 Å². The number of halogens is 1. The number of aromatic nitrogens is 1. The topological polar surface area (TPSA) is 88.9 Å². The highest BCUT2D eigenvalue weighted by Gasteiger charge is 2.41. The van der Waals surface area contributed by atoms with E-state index in [1.54, 1.807) is 37.4 Å². The molecule has 0 unspecified atom stereocenters. The summed E-state index contributed by atoms with van der Waals surface area (Å²) in [5.41, 5.74) is 0.724. The number of ether oxygens (including phenoxy) is 2. The predicted octanol–water partition coefficient (Wildman–Crippen LogP) is 5.05. The summed E-state index contributed by atoms with van der Waals surface area (Å²) in [5.74, 6) is 0.371. The average Bonchev–Trinajstić information content (AvgIpc) is 3.24. The van der Waals surface area contributed by atoms with Crippen molar-refractivity contribution in [1.82, 2.24) is 14.6 Å². The number of hydrogen-bond acceptors (Lipinski definition) is 8. The van der Waals surface area contributed by atoms with Crippen LogP contribution in [0.3, 0.4) is 0 Å². The fraction of sp³-hybridized carbons (Fsp3) is 0.238. The highest BCUT2D eigenvalue weighted by atomic mass is 32.2. The zero-order valence-electron chi connectivity index (χ0n) is 17.1. The Morgan fingerprint density at radius 3 is 2.87 bits per heavy atom. The van der Waals surface area contributed by atoms with Gasteiger partial charge < -0.3 is 18.6 Å². The second kappa shape index (κ2) is 8.48. The Morgan fingerprint density at radius 1 is 1.29 bits per heavy atom. The summed E-state index contributed by atoms with van der Waals surface area (Å²) >= 11 is 1.16. The zero-order chi connectivity index (χ0) is 22.0. The molecule has 0 aliphatic carbocycles. The van der Waals surface area contributed by atoms with Gasteiger partial charge in [0.1, 0.15) is 17.8 Å². The van der Waals surface area contributed by atoms with E-state index in [-0.39, 0.29) is 12.6 Å². The molecule has 0 saturated heterocycles. The van der Waals surface area contributed by atoms with Crippen molar-refractivity contribution in [3.05, 3.63) is 65.8 Å². The lowest BCUT2D eigenvalue weighted by Gasteiger charge is -2.42. The number of rotatable bonds is 7. The summed E-state index contributed by atoms with van der Waals surface area (Å²) in [6.07, 6.45) is 2.38. The van der Waals surface area contributed by atoms with Crippen molar-refractivity contribution in [2.75, 3.05) is 11.8 Å². The number of oxazole rings is 1. The Labute approximate surface area is 183 Å². The molecule has 1 amide bonds. The van der Waals surface area contributed by atoms with Crippen LogP contribution >= 0.6 is 12.1 Å². The van der Waals surface area contributed by atoms with Crippen LogP contribution in [0.4, 0.5) is 14.9 Å². The van der Waals surface area contributed by atoms with E-state index in [2.05, 4.69) is 14.4 Å². The fourth-order valence-corrected chi connectivity index (χ4v) is 3.73. The number of carbonyl (C=O) groups excluding carboxylic acids is 1. The van der Waals surface area contributed by atoms with Gasteiger partial charge in [-0.05, 0) is 39.1 Å². The van der Waals surface area contributed by atoms with Gasteiger partial charge in [0.2, 0.25) is 0 Å². The van der Waals surface area contributed by atoms with Gasteiger partial charge in [-0.1, -0.05) is 12.1 Å². The maximum atomic E-state index is 14.9. The van der Waals surface area contributed by atoms with Crippen LogP contribution < -0.4 is 18.9 Å². The first-order valence-electron chi connectivity index (χ1n) is 9.47. The number of hydrogen-bond donors (Lipinski definition) is 2. The molecule has 0 saturated carbocycles. The lowest BCUT2D eigenvalue weighted by molar-refractivity contribution is 0.0735. The molecule has 0 radical (unpaired) electrons. The number of nitrogens with zero attached hydrogens (tertiary/aromatic N) is 2. The van der Waals surface area contributed by atoms with Gasteiger partial charge in [0.15, 0.2) is 5.82 Å². The second-order valence-corrected chi connectivity index (χ2v) is 8.07. The van der Waals surface area contributed by atoms with Crippen molar-refractivity contribution in [3.63, 3.8) is 0 Å². The molecule has 1 aliphatic rings. The van der Waals surface area contributed by atoms with Gasteiger partial charge in [-0.3, -0.25) is 4.90 Å². The van der Waals surface area contributed by atoms with E-state index < -0.39 is 17.4 Å². The minimum atomic E-state index is -0.748. The van der Waals surface area contributed by atoms with Crippen LogP contribution in [0.1, 0.15) is 25.0 Å². The van der Waals surface area contributed by atoms with E-state index in [0.29, 0.717) is 22.7 Å². The first kappa shape index (κ1) is 21.0. The van der Waals surface area contributed by atoms with E-state index in [1.807, 2.05) is 19.9 Å². The molecule has 162 valence electrons. The Balaban J connectivity index is 1.60. The summed E-state index contributed by atoms with van der Waals surface area (Å²) in [5, 5.41) is 0. The van der Waals surface area contributed by atoms with Crippen LogP contribution in [-0.4, -0.2) is 23.0 Å². The Kier molecular flexibility index (Phi) is 5.75. The van der Waals surface area contributed by atoms with Crippen molar-refractivity contribution in [3.8, 4) is 17.6 Å². The molecule has 1 aliphatic heterocycles. The molecule has 4 rings (SSSR count). The van der Waals surface area contributed by atoms with Crippen LogP contribution in [0.2, 0.25) is 0 Å². The predicted molar refractivity (Wildman–Crippen MR) is 114 cm³/mol. The van der Waals surface area contributed by atoms with Crippen LogP contribution in [0, 0.1) is 5.82 Å². The molecule has 31 heavy (non-hydrogen) atoms. The third kappa shape index (κ3) is 4.17. The highest BCUT2D eigenvalue weighted by Crippen LogP contribution is 2.42. The van der Waals surface area contributed by atoms with E-state index in [0.717, 1.165) is 17.7 Å². The number of carbonyl (C=O) groups is 1. The fourth-order valence-electron chi connectivity index (χ4n) is 3.36. The van der Waals surface area contributed by atoms with E-state index in [4.69, 9.17) is 13.9 Å². The Hall–Kier alpha value is -3.24. The van der Waals surface area contributed by atoms with Gasteiger partial charge in [-0.25, -0.2) is 13.9 Å². The first-order valence-corrected chi connectivity index (χ1v) is 10.3. The lowest BCUT2D eigenvalue weighted by Crippen LogP contribution is -2.50. The normalized spacial score (nSPS) is 14.7. The largest absolute Gasteiger partial charge is 0.417 e. The van der Waals surface area contributed by atoms with Gasteiger partial charge in [0, 0.05) is 29.3 Å². The maximum Gasteiger partial charge on any atom is 0.416 e. The number of nitrogens with one attached hydrogen (secondary N) is 2. The summed E-state index contributed by atoms with van der Waals surface area (Å²) in [6, 6.07) is 10.2. The number of anilines is 1. The van der Waals surface area contributed by atoms with Gasteiger partial charge in [0.05, 0.1) is 24.0 Å². The van der Waals surface area contributed by atoms with Crippen LogP contribution in [-0.2, 0) is 12.1 Å². The number of fused-ring (bicyclic) bond motifs is 1. The standard InChI is InChI=1S/C21H21FN4O4S/c1-21(2)15-8-7-14(29-19-24-9-10-28-19)11-17(15)30-20(27)26(21)12-13-5-4-6-16(18(13)22)25-31-23-3/h4-11,23,25H,12H2,1-3H3. The smallest absolute Gasteiger partial charge is 0.416 e. The summed E-state index contributed by atoms with van der Waals surface area (Å²) in [4.78, 5) is 18.3. The third-order valence-corrected chi connectivity index (χ3v) is 5.52. The molecule has 2 aromatic carbocycles. The second-order valence-electron chi connectivity index (χ2n) is 7.26. The van der Waals surface area contributed by atoms with Crippen molar-refractivity contribution >= 4 is 23.9 Å². The molecule has 1 aromatic heterocycles. The molecule has 0 bridgehead atoms. The number of amides is 1. The molecule has 2 N–H and O–H groups in total. The Morgan fingerprint density at radius 2 is 2.13 bits per heavy atom. The van der Waals surface area contributed by atoms with Crippen molar-refractivity contribution in [2.24, 2.45) is 0 Å². The van der Waals surface area contributed by atoms with Crippen LogP contribution in [0.5, 0.6) is 17.6 Å². The van der Waals surface area contributed by atoms with Crippen molar-refractivity contribution in [2.45, 2.75) is 25.9 Å². The molecular formula is C21H21FN4O4S. The quantitative estimate of drug-likeness (QED) is 0.490. The summed E-state index contributed by atoms with van der Waals surface area (Å²) in [7, 11) is 1.73. The summed E-state index contributed by atoms with van der Waals surface area (Å²) < 4.78 is 36.8. The van der Waals surface area contributed by atoms with Crippen molar-refractivity contribution < 1.29 is 23.1 Å². The summed E-state index contributed by atoms with van der Waals surface area (Å²) in [6.45, 7) is 3.82. The van der Waals surface area contributed by atoms with E-state index in [9.17, 15) is 9.18 Å². The zero-order valence-corrected chi connectivity index (χ0v) is 18.0. The molecule has 0 atom stereocenters. The van der Waals surface area contributed by atoms with Gasteiger partial charge in [-0.15, -0.1) is 0 Å². The van der Waals surface area contributed by atoms with Crippen LogP contribution in [0.15, 0.2) is 53.3 Å². The monoisotopic (exact) mass is 444 g/mol. The van der Waals surface area contributed by atoms with Gasteiger partial charge in [0.25, 0.3) is 0 Å². The molecule has 8 nitrogen and oxygen atoms in total. The van der Waals surface area contributed by atoms with Crippen LogP contribution in [0.25, 0.3) is 0 Å². The number of benzene rings is 2. The third-order valence-electron chi connectivity index (χ3n) is 4.99. The molecule has 0 fully saturated rings. The van der Waals surface area contributed by atoms with Gasteiger partial charge in [-0.2, -0.15) is 4.98 Å². The van der Waals surface area contributed by atoms with E-state index >= 15 is 0 Å². The lowest BCUT2D eigenvalue weighted by atomic mass is 9.89. The first-order chi connectivity index (χ1) is 14.9. The molecule has 10 heteroatoms. The maximum absolute atomic E-state index is 14.9.